The smallest absolute Gasteiger partial charge is 0.139 e. The molecule has 4 aromatic rings. The Morgan fingerprint density at radius 1 is 1.04 bits per heavy atom. The summed E-state index contributed by atoms with van der Waals surface area (Å²) in [5, 5.41) is 9.62. The zero-order valence-electron chi connectivity index (χ0n) is 14.0. The van der Waals surface area contributed by atoms with Crippen molar-refractivity contribution >= 4 is 11.0 Å². The molecule has 24 heavy (non-hydrogen) atoms. The SMILES string of the molecule is CC(C)(C)c1ccc(-c2cn(-c3c[nH]c4ncccc34)nn2)cc1. The second kappa shape index (κ2) is 5.30. The van der Waals surface area contributed by atoms with Gasteiger partial charge in [0, 0.05) is 23.3 Å². The summed E-state index contributed by atoms with van der Waals surface area (Å²) in [4.78, 5) is 7.47. The number of fused-ring (bicyclic) bond motifs is 1. The number of nitrogens with zero attached hydrogens (tertiary/aromatic N) is 4. The molecule has 4 rings (SSSR count). The molecule has 1 aromatic carbocycles. The van der Waals surface area contributed by atoms with Crippen molar-refractivity contribution in [1.29, 1.82) is 0 Å². The Morgan fingerprint density at radius 2 is 1.83 bits per heavy atom. The van der Waals surface area contributed by atoms with Gasteiger partial charge in [0.2, 0.25) is 0 Å². The summed E-state index contributed by atoms with van der Waals surface area (Å²) >= 11 is 0. The Labute approximate surface area is 140 Å². The first-order valence-electron chi connectivity index (χ1n) is 7.98. The molecule has 5 nitrogen and oxygen atoms in total. The molecule has 0 saturated carbocycles. The fourth-order valence-electron chi connectivity index (χ4n) is 2.79. The molecule has 120 valence electrons. The van der Waals surface area contributed by atoms with Gasteiger partial charge in [-0.1, -0.05) is 50.3 Å². The zero-order chi connectivity index (χ0) is 16.7. The highest BCUT2D eigenvalue weighted by Crippen LogP contribution is 2.26. The van der Waals surface area contributed by atoms with Crippen LogP contribution in [0, 0.1) is 0 Å². The normalized spacial score (nSPS) is 12.0. The Kier molecular flexibility index (Phi) is 3.23. The quantitative estimate of drug-likeness (QED) is 0.605. The Balaban J connectivity index is 1.70. The average Bonchev–Trinajstić information content (AvgIpc) is 3.21. The lowest BCUT2D eigenvalue weighted by Gasteiger charge is -2.18. The third-order valence-corrected chi connectivity index (χ3v) is 4.22. The van der Waals surface area contributed by atoms with Crippen LogP contribution >= 0.6 is 0 Å². The van der Waals surface area contributed by atoms with Crippen molar-refractivity contribution in [1.82, 2.24) is 25.0 Å². The summed E-state index contributed by atoms with van der Waals surface area (Å²) in [5.41, 5.74) is 5.16. The van der Waals surface area contributed by atoms with Crippen LogP contribution in [0.4, 0.5) is 0 Å². The van der Waals surface area contributed by atoms with E-state index in [1.54, 1.807) is 10.9 Å². The molecule has 0 aliphatic heterocycles. The van der Waals surface area contributed by atoms with Crippen molar-refractivity contribution in [2.24, 2.45) is 0 Å². The highest BCUT2D eigenvalue weighted by Gasteiger charge is 2.14. The minimum atomic E-state index is 0.146. The molecule has 0 fully saturated rings. The standard InChI is InChI=1S/C19H19N5/c1-19(2,3)14-8-6-13(7-9-14)16-12-24(23-22-16)17-11-21-18-15(17)5-4-10-20-18/h4-12H,1-3H3,(H,20,21). The molecule has 0 aliphatic carbocycles. The van der Waals surface area contributed by atoms with E-state index in [2.05, 4.69) is 65.3 Å². The molecule has 0 aliphatic rings. The molecular formula is C19H19N5. The molecular weight excluding hydrogens is 298 g/mol. The number of aromatic nitrogens is 5. The van der Waals surface area contributed by atoms with Crippen molar-refractivity contribution in [2.45, 2.75) is 26.2 Å². The summed E-state index contributed by atoms with van der Waals surface area (Å²) in [7, 11) is 0. The molecule has 0 radical (unpaired) electrons. The van der Waals surface area contributed by atoms with Gasteiger partial charge >= 0.3 is 0 Å². The van der Waals surface area contributed by atoms with Gasteiger partial charge < -0.3 is 4.98 Å². The van der Waals surface area contributed by atoms with Crippen molar-refractivity contribution in [3.05, 3.63) is 60.6 Å². The van der Waals surface area contributed by atoms with Gasteiger partial charge in [-0.25, -0.2) is 9.67 Å². The van der Waals surface area contributed by atoms with Crippen LogP contribution in [0.1, 0.15) is 26.3 Å². The predicted octanol–water partition coefficient (Wildman–Crippen LogP) is 4.11. The molecule has 3 heterocycles. The predicted molar refractivity (Wildman–Crippen MR) is 95.1 cm³/mol. The van der Waals surface area contributed by atoms with Crippen molar-refractivity contribution < 1.29 is 0 Å². The summed E-state index contributed by atoms with van der Waals surface area (Å²) in [6.07, 6.45) is 5.62. The fourth-order valence-corrected chi connectivity index (χ4v) is 2.79. The monoisotopic (exact) mass is 317 g/mol. The summed E-state index contributed by atoms with van der Waals surface area (Å²) in [6, 6.07) is 12.5. The molecule has 0 atom stereocenters. The van der Waals surface area contributed by atoms with E-state index >= 15 is 0 Å². The largest absolute Gasteiger partial charge is 0.344 e. The minimum absolute atomic E-state index is 0.146. The maximum Gasteiger partial charge on any atom is 0.139 e. The van der Waals surface area contributed by atoms with Crippen LogP contribution in [0.5, 0.6) is 0 Å². The number of hydrogen-bond donors (Lipinski definition) is 1. The van der Waals surface area contributed by atoms with Gasteiger partial charge in [-0.3, -0.25) is 0 Å². The van der Waals surface area contributed by atoms with Crippen LogP contribution in [-0.2, 0) is 5.41 Å². The molecule has 0 saturated heterocycles. The molecule has 0 spiro atoms. The number of nitrogens with one attached hydrogen (secondary N) is 1. The average molecular weight is 317 g/mol. The van der Waals surface area contributed by atoms with Gasteiger partial charge in [0.15, 0.2) is 0 Å². The first-order valence-corrected chi connectivity index (χ1v) is 7.98. The van der Waals surface area contributed by atoms with E-state index in [0.717, 1.165) is 28.0 Å². The maximum atomic E-state index is 4.32. The van der Waals surface area contributed by atoms with Gasteiger partial charge in [-0.05, 0) is 23.1 Å². The third kappa shape index (κ3) is 2.48. The molecule has 0 unspecified atom stereocenters. The van der Waals surface area contributed by atoms with Gasteiger partial charge in [0.05, 0.1) is 11.9 Å². The molecule has 0 amide bonds. The number of hydrogen-bond acceptors (Lipinski definition) is 3. The first kappa shape index (κ1) is 14.6. The van der Waals surface area contributed by atoms with E-state index in [4.69, 9.17) is 0 Å². The van der Waals surface area contributed by atoms with Crippen LogP contribution in [0.3, 0.4) is 0 Å². The fraction of sp³-hybridized carbons (Fsp3) is 0.211. The Morgan fingerprint density at radius 3 is 2.58 bits per heavy atom. The van der Waals surface area contributed by atoms with E-state index in [9.17, 15) is 0 Å². The van der Waals surface area contributed by atoms with Crippen LogP contribution in [0.15, 0.2) is 55.0 Å². The van der Waals surface area contributed by atoms with Crippen LogP contribution < -0.4 is 0 Å². The molecule has 5 heteroatoms. The van der Waals surface area contributed by atoms with Crippen LogP contribution in [-0.4, -0.2) is 25.0 Å². The van der Waals surface area contributed by atoms with Gasteiger partial charge in [-0.2, -0.15) is 0 Å². The summed E-state index contributed by atoms with van der Waals surface area (Å²) < 4.78 is 1.79. The van der Waals surface area contributed by atoms with Gasteiger partial charge in [0.1, 0.15) is 11.3 Å². The minimum Gasteiger partial charge on any atom is -0.344 e. The Bertz CT molecular complexity index is 986. The third-order valence-electron chi connectivity index (χ3n) is 4.22. The second-order valence-corrected chi connectivity index (χ2v) is 6.95. The van der Waals surface area contributed by atoms with E-state index in [1.165, 1.54) is 5.56 Å². The van der Waals surface area contributed by atoms with Crippen molar-refractivity contribution in [2.75, 3.05) is 0 Å². The number of rotatable bonds is 2. The van der Waals surface area contributed by atoms with E-state index < -0.39 is 0 Å². The highest BCUT2D eigenvalue weighted by molar-refractivity contribution is 5.85. The molecule has 3 aromatic heterocycles. The lowest BCUT2D eigenvalue weighted by Crippen LogP contribution is -2.10. The molecule has 1 N–H and O–H groups in total. The van der Waals surface area contributed by atoms with E-state index in [0.29, 0.717) is 0 Å². The lowest BCUT2D eigenvalue weighted by atomic mass is 9.86. The van der Waals surface area contributed by atoms with Crippen molar-refractivity contribution in [3.63, 3.8) is 0 Å². The number of pyridine rings is 1. The highest BCUT2D eigenvalue weighted by atomic mass is 15.4. The van der Waals surface area contributed by atoms with E-state index in [-0.39, 0.29) is 5.41 Å². The summed E-state index contributed by atoms with van der Waals surface area (Å²) in [5.74, 6) is 0. The first-order chi connectivity index (χ1) is 11.5. The van der Waals surface area contributed by atoms with Gasteiger partial charge in [0.25, 0.3) is 0 Å². The maximum absolute atomic E-state index is 4.32. The summed E-state index contributed by atoms with van der Waals surface area (Å²) in [6.45, 7) is 6.63. The number of H-pyrrole nitrogens is 1. The van der Waals surface area contributed by atoms with E-state index in [1.807, 2.05) is 24.5 Å². The lowest BCUT2D eigenvalue weighted by molar-refractivity contribution is 0.590. The van der Waals surface area contributed by atoms with Crippen LogP contribution in [0.25, 0.3) is 28.0 Å². The number of benzene rings is 1. The Hall–Kier alpha value is -2.95. The molecule has 0 bridgehead atoms. The van der Waals surface area contributed by atoms with Crippen LogP contribution in [0.2, 0.25) is 0 Å². The topological polar surface area (TPSA) is 59.4 Å². The second-order valence-electron chi connectivity index (χ2n) is 6.95. The number of aromatic amines is 1. The van der Waals surface area contributed by atoms with Gasteiger partial charge in [-0.15, -0.1) is 5.10 Å². The van der Waals surface area contributed by atoms with Crippen molar-refractivity contribution in [3.8, 4) is 16.9 Å². The zero-order valence-corrected chi connectivity index (χ0v) is 14.0.